The second-order valence-electron chi connectivity index (χ2n) is 5.75. The lowest BCUT2D eigenvalue weighted by Gasteiger charge is -2.07. The summed E-state index contributed by atoms with van der Waals surface area (Å²) in [4.78, 5) is 8.74. The second-order valence-corrected chi connectivity index (χ2v) is 6.11. The lowest BCUT2D eigenvalue weighted by atomic mass is 10.2. The Morgan fingerprint density at radius 1 is 1.22 bits per heavy atom. The Labute approximate surface area is 140 Å². The predicted molar refractivity (Wildman–Crippen MR) is 92.0 cm³/mol. The molecular weight excluding hydrogens is 312 g/mol. The first-order chi connectivity index (χ1) is 11.1. The van der Waals surface area contributed by atoms with Crippen LogP contribution in [0.25, 0.3) is 10.8 Å². The van der Waals surface area contributed by atoms with Crippen molar-refractivity contribution >= 4 is 28.2 Å². The molecule has 0 aliphatic heterocycles. The molecule has 2 heterocycles. The molecule has 0 amide bonds. The van der Waals surface area contributed by atoms with Gasteiger partial charge in [-0.1, -0.05) is 54.9 Å². The van der Waals surface area contributed by atoms with E-state index in [2.05, 4.69) is 20.4 Å². The highest BCUT2D eigenvalue weighted by molar-refractivity contribution is 6.34. The first-order valence-corrected chi connectivity index (χ1v) is 8.13. The molecule has 23 heavy (non-hydrogen) atoms. The number of hydrogen-bond donors (Lipinski definition) is 1. The number of hydrogen-bond acceptors (Lipinski definition) is 5. The SMILES string of the molecule is CC(C)c1noc(CCCNc2cc3ccccc3c(Cl)n2)n1. The van der Waals surface area contributed by atoms with Crippen molar-refractivity contribution in [1.29, 1.82) is 0 Å². The summed E-state index contributed by atoms with van der Waals surface area (Å²) in [7, 11) is 0. The van der Waals surface area contributed by atoms with E-state index in [1.807, 2.05) is 44.2 Å². The molecule has 1 aromatic carbocycles. The van der Waals surface area contributed by atoms with Crippen molar-refractivity contribution in [3.05, 3.63) is 47.2 Å². The van der Waals surface area contributed by atoms with E-state index in [0.717, 1.165) is 41.8 Å². The van der Waals surface area contributed by atoms with E-state index in [9.17, 15) is 0 Å². The van der Waals surface area contributed by atoms with Gasteiger partial charge in [-0.05, 0) is 17.9 Å². The highest BCUT2D eigenvalue weighted by atomic mass is 35.5. The summed E-state index contributed by atoms with van der Waals surface area (Å²) in [6.45, 7) is 4.86. The smallest absolute Gasteiger partial charge is 0.226 e. The fourth-order valence-corrected chi connectivity index (χ4v) is 2.57. The number of halogens is 1. The van der Waals surface area contributed by atoms with Crippen LogP contribution in [0.15, 0.2) is 34.9 Å². The molecule has 3 aromatic rings. The summed E-state index contributed by atoms with van der Waals surface area (Å²) in [6, 6.07) is 9.95. The third-order valence-electron chi connectivity index (χ3n) is 3.57. The fourth-order valence-electron chi connectivity index (χ4n) is 2.31. The highest BCUT2D eigenvalue weighted by Gasteiger charge is 2.09. The van der Waals surface area contributed by atoms with Gasteiger partial charge in [-0.25, -0.2) is 4.98 Å². The number of nitrogens with zero attached hydrogens (tertiary/aromatic N) is 3. The van der Waals surface area contributed by atoms with Gasteiger partial charge in [-0.15, -0.1) is 0 Å². The Hall–Kier alpha value is -2.14. The molecule has 0 spiro atoms. The van der Waals surface area contributed by atoms with Crippen LogP contribution < -0.4 is 5.32 Å². The molecule has 0 atom stereocenters. The number of benzene rings is 1. The molecule has 0 unspecified atom stereocenters. The van der Waals surface area contributed by atoms with E-state index in [1.165, 1.54) is 0 Å². The number of nitrogens with one attached hydrogen (secondary N) is 1. The first-order valence-electron chi connectivity index (χ1n) is 7.75. The number of anilines is 1. The van der Waals surface area contributed by atoms with Gasteiger partial charge in [0, 0.05) is 24.3 Å². The van der Waals surface area contributed by atoms with Gasteiger partial charge in [0.05, 0.1) is 0 Å². The predicted octanol–water partition coefficient (Wildman–Crippen LogP) is 4.44. The van der Waals surface area contributed by atoms with Crippen LogP contribution in [0.1, 0.15) is 37.9 Å². The van der Waals surface area contributed by atoms with Crippen molar-refractivity contribution in [2.45, 2.75) is 32.6 Å². The average Bonchev–Trinajstić information content (AvgIpc) is 3.01. The van der Waals surface area contributed by atoms with E-state index >= 15 is 0 Å². The van der Waals surface area contributed by atoms with Crippen molar-refractivity contribution in [1.82, 2.24) is 15.1 Å². The summed E-state index contributed by atoms with van der Waals surface area (Å²) in [6.07, 6.45) is 1.62. The second kappa shape index (κ2) is 6.96. The number of aryl methyl sites for hydroxylation is 1. The largest absolute Gasteiger partial charge is 0.370 e. The van der Waals surface area contributed by atoms with Gasteiger partial charge in [-0.3, -0.25) is 0 Å². The van der Waals surface area contributed by atoms with E-state index < -0.39 is 0 Å². The molecule has 0 fully saturated rings. The minimum Gasteiger partial charge on any atom is -0.370 e. The monoisotopic (exact) mass is 330 g/mol. The molecule has 2 aromatic heterocycles. The van der Waals surface area contributed by atoms with Crippen LogP contribution in [-0.4, -0.2) is 21.7 Å². The zero-order valence-electron chi connectivity index (χ0n) is 13.2. The first kappa shape index (κ1) is 15.7. The fraction of sp³-hybridized carbons (Fsp3) is 0.353. The summed E-state index contributed by atoms with van der Waals surface area (Å²) in [5.74, 6) is 2.51. The molecule has 0 aliphatic carbocycles. The third kappa shape index (κ3) is 3.79. The number of rotatable bonds is 6. The minimum absolute atomic E-state index is 0.287. The van der Waals surface area contributed by atoms with Crippen LogP contribution >= 0.6 is 11.6 Å². The molecule has 0 radical (unpaired) electrons. The number of pyridine rings is 1. The summed E-state index contributed by atoms with van der Waals surface area (Å²) >= 11 is 6.22. The third-order valence-corrected chi connectivity index (χ3v) is 3.86. The van der Waals surface area contributed by atoms with Crippen molar-refractivity contribution < 1.29 is 4.52 Å². The van der Waals surface area contributed by atoms with Gasteiger partial charge in [-0.2, -0.15) is 4.98 Å². The molecule has 5 nitrogen and oxygen atoms in total. The lowest BCUT2D eigenvalue weighted by Crippen LogP contribution is -2.05. The molecule has 0 saturated carbocycles. The summed E-state index contributed by atoms with van der Waals surface area (Å²) in [5.41, 5.74) is 0. The zero-order valence-corrected chi connectivity index (χ0v) is 14.0. The van der Waals surface area contributed by atoms with Gasteiger partial charge >= 0.3 is 0 Å². The minimum atomic E-state index is 0.287. The quantitative estimate of drug-likeness (QED) is 0.534. The molecular formula is C17H19ClN4O. The maximum atomic E-state index is 6.22. The molecule has 0 bridgehead atoms. The van der Waals surface area contributed by atoms with E-state index in [4.69, 9.17) is 16.1 Å². The molecule has 0 saturated heterocycles. The molecule has 6 heteroatoms. The Morgan fingerprint density at radius 2 is 2.04 bits per heavy atom. The molecule has 120 valence electrons. The van der Waals surface area contributed by atoms with Crippen molar-refractivity contribution in [2.24, 2.45) is 0 Å². The number of aromatic nitrogens is 3. The van der Waals surface area contributed by atoms with Crippen molar-refractivity contribution in [3.63, 3.8) is 0 Å². The highest BCUT2D eigenvalue weighted by Crippen LogP contribution is 2.24. The van der Waals surface area contributed by atoms with Crippen LogP contribution in [0.4, 0.5) is 5.82 Å². The Morgan fingerprint density at radius 3 is 2.83 bits per heavy atom. The van der Waals surface area contributed by atoms with Crippen LogP contribution in [0.5, 0.6) is 0 Å². The summed E-state index contributed by atoms with van der Waals surface area (Å²) in [5, 5.41) is 9.81. The van der Waals surface area contributed by atoms with E-state index in [1.54, 1.807) is 0 Å². The van der Waals surface area contributed by atoms with Crippen molar-refractivity contribution in [3.8, 4) is 0 Å². The molecule has 1 N–H and O–H groups in total. The van der Waals surface area contributed by atoms with Crippen LogP contribution in [-0.2, 0) is 6.42 Å². The van der Waals surface area contributed by atoms with Gasteiger partial charge < -0.3 is 9.84 Å². The maximum Gasteiger partial charge on any atom is 0.226 e. The summed E-state index contributed by atoms with van der Waals surface area (Å²) < 4.78 is 5.23. The zero-order chi connectivity index (χ0) is 16.2. The van der Waals surface area contributed by atoms with E-state index in [-0.39, 0.29) is 5.92 Å². The topological polar surface area (TPSA) is 63.8 Å². The van der Waals surface area contributed by atoms with Gasteiger partial charge in [0.1, 0.15) is 11.0 Å². The molecule has 0 aliphatic rings. The lowest BCUT2D eigenvalue weighted by molar-refractivity contribution is 0.369. The Kier molecular flexibility index (Phi) is 4.76. The number of fused-ring (bicyclic) bond motifs is 1. The molecule has 3 rings (SSSR count). The average molecular weight is 331 g/mol. The van der Waals surface area contributed by atoms with Gasteiger partial charge in [0.25, 0.3) is 0 Å². The Balaban J connectivity index is 1.56. The maximum absolute atomic E-state index is 6.22. The van der Waals surface area contributed by atoms with Crippen LogP contribution in [0.2, 0.25) is 5.15 Å². The van der Waals surface area contributed by atoms with Gasteiger partial charge in [0.2, 0.25) is 5.89 Å². The van der Waals surface area contributed by atoms with Crippen LogP contribution in [0, 0.1) is 0 Å². The normalized spacial score (nSPS) is 11.3. The van der Waals surface area contributed by atoms with Crippen LogP contribution in [0.3, 0.4) is 0 Å². The van der Waals surface area contributed by atoms with E-state index in [0.29, 0.717) is 11.0 Å². The van der Waals surface area contributed by atoms with Gasteiger partial charge in [0.15, 0.2) is 5.82 Å². The standard InChI is InChI=1S/C17H19ClN4O/c1-11(2)17-21-15(23-22-17)8-5-9-19-14-10-12-6-3-4-7-13(12)16(18)20-14/h3-4,6-7,10-11H,5,8-9H2,1-2H3,(H,19,20). The Bertz CT molecular complexity index is 800. The van der Waals surface area contributed by atoms with Crippen molar-refractivity contribution in [2.75, 3.05) is 11.9 Å².